The highest BCUT2D eigenvalue weighted by Gasteiger charge is 2.15. The minimum absolute atomic E-state index is 0.126. The Kier molecular flexibility index (Phi) is 5.46. The van der Waals surface area contributed by atoms with E-state index in [2.05, 4.69) is 5.32 Å². The molecule has 1 aromatic heterocycles. The Bertz CT molecular complexity index is 706. The third kappa shape index (κ3) is 4.39. The van der Waals surface area contributed by atoms with Crippen molar-refractivity contribution in [2.45, 2.75) is 27.3 Å². The number of benzene rings is 1. The summed E-state index contributed by atoms with van der Waals surface area (Å²) in [6.07, 6.45) is 3.36. The molecule has 2 rings (SSSR count). The number of rotatable bonds is 5. The summed E-state index contributed by atoms with van der Waals surface area (Å²) in [6, 6.07) is 9.25. The van der Waals surface area contributed by atoms with Gasteiger partial charge in [-0.2, -0.15) is 4.57 Å². The molecule has 0 atom stereocenters. The second-order valence-corrected chi connectivity index (χ2v) is 5.30. The molecule has 0 fully saturated rings. The number of hydrogen-bond donors (Lipinski definition) is 1. The summed E-state index contributed by atoms with van der Waals surface area (Å²) in [5.41, 5.74) is 3.29. The Morgan fingerprint density at radius 3 is 2.48 bits per heavy atom. The number of esters is 1. The van der Waals surface area contributed by atoms with E-state index in [1.165, 1.54) is 0 Å². The second-order valence-electron chi connectivity index (χ2n) is 5.30. The molecule has 1 N–H and O–H groups in total. The number of pyridine rings is 1. The maximum Gasteiger partial charge on any atom is 0.344 e. The van der Waals surface area contributed by atoms with Gasteiger partial charge in [0.15, 0.2) is 12.4 Å². The molecule has 0 radical (unpaired) electrons. The van der Waals surface area contributed by atoms with Gasteiger partial charge in [0.1, 0.15) is 5.56 Å². The van der Waals surface area contributed by atoms with E-state index < -0.39 is 5.97 Å². The Morgan fingerprint density at radius 2 is 1.83 bits per heavy atom. The molecule has 0 aliphatic carbocycles. The molecule has 23 heavy (non-hydrogen) atoms. The van der Waals surface area contributed by atoms with E-state index in [1.807, 2.05) is 32.0 Å². The molecule has 0 aliphatic heterocycles. The Hall–Kier alpha value is -2.69. The fraction of sp³-hybridized carbons (Fsp3) is 0.278. The average molecular weight is 313 g/mol. The Labute approximate surface area is 135 Å². The first kappa shape index (κ1) is 16.7. The van der Waals surface area contributed by atoms with Crippen LogP contribution in [0.1, 0.15) is 28.4 Å². The van der Waals surface area contributed by atoms with Gasteiger partial charge in [-0.1, -0.05) is 18.2 Å². The molecule has 0 unspecified atom stereocenters. The lowest BCUT2D eigenvalue weighted by molar-refractivity contribution is -0.684. The van der Waals surface area contributed by atoms with E-state index in [1.54, 1.807) is 36.0 Å². The first-order valence-corrected chi connectivity index (χ1v) is 7.53. The van der Waals surface area contributed by atoms with Crippen LogP contribution < -0.4 is 9.88 Å². The van der Waals surface area contributed by atoms with Crippen LogP contribution >= 0.6 is 0 Å². The molecule has 1 aromatic carbocycles. The van der Waals surface area contributed by atoms with E-state index in [9.17, 15) is 9.59 Å². The van der Waals surface area contributed by atoms with Crippen LogP contribution in [-0.4, -0.2) is 18.5 Å². The fourth-order valence-electron chi connectivity index (χ4n) is 2.31. The van der Waals surface area contributed by atoms with E-state index in [4.69, 9.17) is 4.74 Å². The third-order valence-corrected chi connectivity index (χ3v) is 3.44. The predicted molar refractivity (Wildman–Crippen MR) is 87.1 cm³/mol. The molecular weight excluding hydrogens is 292 g/mol. The summed E-state index contributed by atoms with van der Waals surface area (Å²) >= 11 is 0. The fourth-order valence-corrected chi connectivity index (χ4v) is 2.31. The molecule has 0 saturated heterocycles. The number of nitrogens with one attached hydrogen (secondary N) is 1. The molecule has 0 aliphatic rings. The van der Waals surface area contributed by atoms with Crippen LogP contribution in [-0.2, 0) is 16.1 Å². The predicted octanol–water partition coefficient (Wildman–Crippen LogP) is 2.41. The van der Waals surface area contributed by atoms with Crippen molar-refractivity contribution < 1.29 is 18.9 Å². The SMILES string of the molecule is CCOC(=O)c1ccc[n+](CC(=O)Nc2c(C)cccc2C)c1. The number of ether oxygens (including phenoxy) is 1. The summed E-state index contributed by atoms with van der Waals surface area (Å²) in [6.45, 7) is 6.11. The third-order valence-electron chi connectivity index (χ3n) is 3.44. The van der Waals surface area contributed by atoms with E-state index in [-0.39, 0.29) is 12.5 Å². The van der Waals surface area contributed by atoms with Crippen molar-refractivity contribution in [1.29, 1.82) is 0 Å². The number of carbonyl (C=O) groups is 2. The number of nitrogens with zero attached hydrogens (tertiary/aromatic N) is 1. The topological polar surface area (TPSA) is 59.3 Å². The number of carbonyl (C=O) groups excluding carboxylic acids is 2. The average Bonchev–Trinajstić information content (AvgIpc) is 2.51. The first-order valence-electron chi connectivity index (χ1n) is 7.53. The lowest BCUT2D eigenvalue weighted by atomic mass is 10.1. The van der Waals surface area contributed by atoms with Gasteiger partial charge >= 0.3 is 5.97 Å². The zero-order chi connectivity index (χ0) is 16.8. The lowest BCUT2D eigenvalue weighted by Gasteiger charge is -2.10. The summed E-state index contributed by atoms with van der Waals surface area (Å²) < 4.78 is 6.62. The Morgan fingerprint density at radius 1 is 1.13 bits per heavy atom. The highest BCUT2D eigenvalue weighted by Crippen LogP contribution is 2.19. The summed E-state index contributed by atoms with van der Waals surface area (Å²) in [4.78, 5) is 24.0. The summed E-state index contributed by atoms with van der Waals surface area (Å²) in [5, 5.41) is 2.92. The van der Waals surface area contributed by atoms with Crippen LogP contribution in [0.3, 0.4) is 0 Å². The van der Waals surface area contributed by atoms with Gasteiger partial charge in [-0.3, -0.25) is 4.79 Å². The van der Waals surface area contributed by atoms with Gasteiger partial charge in [0.2, 0.25) is 6.54 Å². The number of aryl methyl sites for hydroxylation is 2. The number of anilines is 1. The monoisotopic (exact) mass is 313 g/mol. The minimum atomic E-state index is -0.392. The maximum atomic E-state index is 12.2. The first-order chi connectivity index (χ1) is 11.0. The molecular formula is C18H21N2O3+. The molecule has 0 bridgehead atoms. The quantitative estimate of drug-likeness (QED) is 0.681. The van der Waals surface area contributed by atoms with Crippen molar-refractivity contribution in [1.82, 2.24) is 0 Å². The smallest absolute Gasteiger partial charge is 0.344 e. The van der Waals surface area contributed by atoms with Crippen molar-refractivity contribution in [2.75, 3.05) is 11.9 Å². The molecule has 5 heteroatoms. The maximum absolute atomic E-state index is 12.2. The van der Waals surface area contributed by atoms with Crippen LogP contribution in [0.4, 0.5) is 5.69 Å². The highest BCUT2D eigenvalue weighted by molar-refractivity contribution is 5.91. The normalized spacial score (nSPS) is 10.2. The molecule has 120 valence electrons. The number of aromatic nitrogens is 1. The zero-order valence-electron chi connectivity index (χ0n) is 13.6. The van der Waals surface area contributed by atoms with Gasteiger partial charge in [0, 0.05) is 11.8 Å². The van der Waals surface area contributed by atoms with Crippen LogP contribution in [0.2, 0.25) is 0 Å². The van der Waals surface area contributed by atoms with Gasteiger partial charge < -0.3 is 10.1 Å². The van der Waals surface area contributed by atoms with Crippen molar-refractivity contribution in [3.63, 3.8) is 0 Å². The van der Waals surface area contributed by atoms with Crippen LogP contribution in [0.25, 0.3) is 0 Å². The van der Waals surface area contributed by atoms with E-state index >= 15 is 0 Å². The number of para-hydroxylation sites is 1. The number of amides is 1. The zero-order valence-corrected chi connectivity index (χ0v) is 13.6. The van der Waals surface area contributed by atoms with Crippen LogP contribution in [0.15, 0.2) is 42.7 Å². The van der Waals surface area contributed by atoms with E-state index in [0.29, 0.717) is 12.2 Å². The van der Waals surface area contributed by atoms with Crippen LogP contribution in [0.5, 0.6) is 0 Å². The van der Waals surface area contributed by atoms with Gasteiger partial charge in [-0.15, -0.1) is 0 Å². The minimum Gasteiger partial charge on any atom is -0.462 e. The molecule has 0 spiro atoms. The Balaban J connectivity index is 2.09. The van der Waals surface area contributed by atoms with E-state index in [0.717, 1.165) is 16.8 Å². The van der Waals surface area contributed by atoms with Gasteiger partial charge in [-0.05, 0) is 38.0 Å². The lowest BCUT2D eigenvalue weighted by Crippen LogP contribution is -2.40. The summed E-state index contributed by atoms with van der Waals surface area (Å²) in [7, 11) is 0. The van der Waals surface area contributed by atoms with Crippen molar-refractivity contribution >= 4 is 17.6 Å². The van der Waals surface area contributed by atoms with Crippen LogP contribution in [0, 0.1) is 13.8 Å². The highest BCUT2D eigenvalue weighted by atomic mass is 16.5. The second kappa shape index (κ2) is 7.54. The van der Waals surface area contributed by atoms with Gasteiger partial charge in [0.05, 0.1) is 6.61 Å². The van der Waals surface area contributed by atoms with Crippen molar-refractivity contribution in [2.24, 2.45) is 0 Å². The summed E-state index contributed by atoms with van der Waals surface area (Å²) in [5.74, 6) is -0.537. The van der Waals surface area contributed by atoms with Gasteiger partial charge in [-0.25, -0.2) is 4.79 Å². The molecule has 1 heterocycles. The van der Waals surface area contributed by atoms with Gasteiger partial charge in [0.25, 0.3) is 5.91 Å². The molecule has 0 saturated carbocycles. The van der Waals surface area contributed by atoms with Crippen molar-refractivity contribution in [3.05, 3.63) is 59.4 Å². The molecule has 5 nitrogen and oxygen atoms in total. The standard InChI is InChI=1S/C18H20N2O3/c1-4-23-18(22)15-9-6-10-20(11-15)12-16(21)19-17-13(2)7-5-8-14(17)3/h5-11H,4,12H2,1-3H3/p+1. The molecule has 2 aromatic rings. The largest absolute Gasteiger partial charge is 0.462 e. The molecule has 1 amide bonds. The van der Waals surface area contributed by atoms with Crippen molar-refractivity contribution in [3.8, 4) is 0 Å². The number of hydrogen-bond acceptors (Lipinski definition) is 3.